The summed E-state index contributed by atoms with van der Waals surface area (Å²) in [6, 6.07) is 5.98. The van der Waals surface area contributed by atoms with Crippen molar-refractivity contribution in [3.05, 3.63) is 43.0 Å². The van der Waals surface area contributed by atoms with Crippen LogP contribution >= 0.6 is 0 Å². The van der Waals surface area contributed by atoms with Crippen molar-refractivity contribution in [2.45, 2.75) is 81.6 Å². The number of halogens is 11. The molecule has 0 saturated heterocycles. The van der Waals surface area contributed by atoms with E-state index in [1.165, 1.54) is 18.2 Å². The summed E-state index contributed by atoms with van der Waals surface area (Å²) in [7, 11) is 0. The summed E-state index contributed by atoms with van der Waals surface area (Å²) in [6.45, 7) is 3.33. The summed E-state index contributed by atoms with van der Waals surface area (Å²) >= 11 is 0. The van der Waals surface area contributed by atoms with Gasteiger partial charge in [0.05, 0.1) is 0 Å². The van der Waals surface area contributed by atoms with Crippen LogP contribution in [0.15, 0.2) is 43.0 Å². The van der Waals surface area contributed by atoms with Crippen molar-refractivity contribution < 1.29 is 57.8 Å². The molecule has 0 aliphatic rings. The molecule has 1 aromatic rings. The summed E-state index contributed by atoms with van der Waals surface area (Å²) in [5.74, 6) is -2.55. The molecule has 0 aliphatic carbocycles. The zero-order valence-electron chi connectivity index (χ0n) is 20.2. The molecule has 3 unspecified atom stereocenters. The molecule has 3 nitrogen and oxygen atoms in total. The molecule has 0 bridgehead atoms. The van der Waals surface area contributed by atoms with Crippen LogP contribution in [0.3, 0.4) is 0 Å². The highest BCUT2D eigenvalue weighted by Gasteiger charge is 2.83. The number of carbonyl (C=O) groups is 1. The maximum atomic E-state index is 16.1. The van der Waals surface area contributed by atoms with E-state index in [9.17, 15) is 44.3 Å². The van der Waals surface area contributed by atoms with Gasteiger partial charge < -0.3 is 9.64 Å². The summed E-state index contributed by atoms with van der Waals surface area (Å²) in [4.78, 5) is 13.2. The van der Waals surface area contributed by atoms with Crippen molar-refractivity contribution >= 4 is 11.6 Å². The Kier molecular flexibility index (Phi) is 9.19. The molecule has 0 aliphatic heterocycles. The number of anilines is 1. The second kappa shape index (κ2) is 10.4. The minimum Gasteiger partial charge on any atom is -0.307 e. The number of hydrogen-bond acceptors (Lipinski definition) is 2. The Morgan fingerprint density at radius 3 is 1.70 bits per heavy atom. The van der Waals surface area contributed by atoms with Crippen LogP contribution in [-0.2, 0) is 9.53 Å². The van der Waals surface area contributed by atoms with Gasteiger partial charge >= 0.3 is 29.8 Å². The Balaban J connectivity index is 3.89. The highest BCUT2D eigenvalue weighted by atomic mass is 19.4. The number of alkyl halides is 11. The van der Waals surface area contributed by atoms with Gasteiger partial charge in [0, 0.05) is 12.2 Å². The van der Waals surface area contributed by atoms with Gasteiger partial charge in [0.2, 0.25) is 0 Å². The Bertz CT molecular complexity index is 948. The van der Waals surface area contributed by atoms with Crippen LogP contribution in [0.5, 0.6) is 0 Å². The first kappa shape index (κ1) is 32.6. The number of hydrogen-bond donors (Lipinski definition) is 0. The van der Waals surface area contributed by atoms with Gasteiger partial charge in [0.15, 0.2) is 5.67 Å². The summed E-state index contributed by atoms with van der Waals surface area (Å²) in [5, 5.41) is 0. The van der Waals surface area contributed by atoms with Gasteiger partial charge in [-0.3, -0.25) is 4.79 Å². The normalized spacial score (nSPS) is 19.6. The lowest BCUT2D eigenvalue weighted by molar-refractivity contribution is -0.442. The van der Waals surface area contributed by atoms with E-state index >= 15 is 8.78 Å². The molecule has 0 saturated carbocycles. The Hall–Kier alpha value is -2.38. The molecule has 1 aromatic carbocycles. The van der Waals surface area contributed by atoms with Gasteiger partial charge in [-0.15, -0.1) is 6.58 Å². The molecule has 0 heterocycles. The first-order valence-electron chi connectivity index (χ1n) is 10.8. The molecule has 212 valence electrons. The topological polar surface area (TPSA) is 29.5 Å². The fraction of sp³-hybridized carbons (Fsp3) is 0.609. The predicted molar refractivity (Wildman–Crippen MR) is 113 cm³/mol. The molecule has 0 spiro atoms. The van der Waals surface area contributed by atoms with Crippen molar-refractivity contribution in [2.75, 3.05) is 11.4 Å². The van der Waals surface area contributed by atoms with E-state index < -0.39 is 66.4 Å². The standard InChI is InChI=1S/C23H26F11NO2/c1-6-14-35(15-12-10-9-11-13-15)16(36)19(25,21(27,28)29)18(5,8-3)37-23(33,34)20(26,22(30,31)32)17(4,24)7-2/h6,9-13H,1,7-8,14H2,2-5H3/t17?,18-,19?,20?/m0/s1. The van der Waals surface area contributed by atoms with Crippen LogP contribution < -0.4 is 4.90 Å². The van der Waals surface area contributed by atoms with Crippen LogP contribution in [0.25, 0.3) is 0 Å². The lowest BCUT2D eigenvalue weighted by atomic mass is 9.79. The van der Waals surface area contributed by atoms with Crippen molar-refractivity contribution in [1.29, 1.82) is 0 Å². The summed E-state index contributed by atoms with van der Waals surface area (Å²) < 4.78 is 163. The van der Waals surface area contributed by atoms with Gasteiger partial charge in [-0.1, -0.05) is 38.1 Å². The number of nitrogens with zero attached hydrogens (tertiary/aromatic N) is 1. The molecular formula is C23H26F11NO2. The van der Waals surface area contributed by atoms with E-state index in [4.69, 9.17) is 0 Å². The number of carbonyl (C=O) groups excluding carboxylic acids is 1. The molecule has 0 radical (unpaired) electrons. The van der Waals surface area contributed by atoms with Crippen LogP contribution in [0, 0.1) is 0 Å². The van der Waals surface area contributed by atoms with Crippen molar-refractivity contribution in [3.8, 4) is 0 Å². The molecule has 0 aromatic heterocycles. The molecule has 37 heavy (non-hydrogen) atoms. The Morgan fingerprint density at radius 1 is 0.865 bits per heavy atom. The first-order valence-corrected chi connectivity index (χ1v) is 10.8. The van der Waals surface area contributed by atoms with E-state index in [0.717, 1.165) is 18.2 Å². The Labute approximate surface area is 206 Å². The maximum absolute atomic E-state index is 16.1. The highest BCUT2D eigenvalue weighted by Crippen LogP contribution is 2.58. The minimum absolute atomic E-state index is 0.0678. The molecule has 14 heteroatoms. The molecule has 4 atom stereocenters. The van der Waals surface area contributed by atoms with Crippen molar-refractivity contribution in [3.63, 3.8) is 0 Å². The zero-order valence-corrected chi connectivity index (χ0v) is 20.2. The largest absolute Gasteiger partial charge is 0.434 e. The molecular weight excluding hydrogens is 531 g/mol. The van der Waals surface area contributed by atoms with Crippen LogP contribution in [0.4, 0.5) is 54.0 Å². The third-order valence-corrected chi connectivity index (χ3v) is 6.24. The van der Waals surface area contributed by atoms with Gasteiger partial charge in [0.25, 0.3) is 5.91 Å². The summed E-state index contributed by atoms with van der Waals surface area (Å²) in [6.07, 6.45) is -21.7. The molecule has 1 amide bonds. The second-order valence-corrected chi connectivity index (χ2v) is 8.61. The smallest absolute Gasteiger partial charge is 0.307 e. The lowest BCUT2D eigenvalue weighted by Crippen LogP contribution is -2.73. The summed E-state index contributed by atoms with van der Waals surface area (Å²) in [5.41, 5.74) is -20.7. The van der Waals surface area contributed by atoms with Gasteiger partial charge in [-0.05, 0) is 38.8 Å². The van der Waals surface area contributed by atoms with Gasteiger partial charge in [-0.25, -0.2) is 13.2 Å². The number of benzene rings is 1. The van der Waals surface area contributed by atoms with Crippen LogP contribution in [0.2, 0.25) is 0 Å². The third kappa shape index (κ3) is 5.30. The average molecular weight is 557 g/mol. The van der Waals surface area contributed by atoms with Crippen LogP contribution in [-0.4, -0.2) is 53.5 Å². The fourth-order valence-corrected chi connectivity index (χ4v) is 3.62. The number of para-hydroxylation sites is 1. The van der Waals surface area contributed by atoms with E-state index in [-0.39, 0.29) is 24.4 Å². The monoisotopic (exact) mass is 557 g/mol. The highest BCUT2D eigenvalue weighted by molar-refractivity contribution is 6.01. The van der Waals surface area contributed by atoms with Crippen molar-refractivity contribution in [2.24, 2.45) is 0 Å². The van der Waals surface area contributed by atoms with Crippen LogP contribution in [0.1, 0.15) is 40.5 Å². The lowest BCUT2D eigenvalue weighted by Gasteiger charge is -2.48. The molecule has 0 N–H and O–H groups in total. The van der Waals surface area contributed by atoms with Gasteiger partial charge in [0.1, 0.15) is 5.60 Å². The average Bonchev–Trinajstić information content (AvgIpc) is 2.79. The molecule has 0 fully saturated rings. The maximum Gasteiger partial charge on any atom is 0.434 e. The number of amides is 1. The van der Waals surface area contributed by atoms with E-state index in [1.54, 1.807) is 0 Å². The number of ether oxygens (including phenoxy) is 1. The second-order valence-electron chi connectivity index (χ2n) is 8.61. The first-order chi connectivity index (χ1) is 16.5. The Morgan fingerprint density at radius 2 is 1.35 bits per heavy atom. The third-order valence-electron chi connectivity index (χ3n) is 6.24. The quantitative estimate of drug-likeness (QED) is 0.207. The van der Waals surface area contributed by atoms with Gasteiger partial charge in [-0.2, -0.15) is 35.1 Å². The van der Waals surface area contributed by atoms with E-state index in [2.05, 4.69) is 11.3 Å². The van der Waals surface area contributed by atoms with Crippen molar-refractivity contribution in [1.82, 2.24) is 0 Å². The van der Waals surface area contributed by atoms with E-state index in [1.807, 2.05) is 0 Å². The number of rotatable bonds is 11. The predicted octanol–water partition coefficient (Wildman–Crippen LogP) is 7.66. The molecule has 1 rings (SSSR count). The minimum atomic E-state index is -6.73. The fourth-order valence-electron chi connectivity index (χ4n) is 3.62. The van der Waals surface area contributed by atoms with E-state index in [0.29, 0.717) is 13.8 Å². The SMILES string of the molecule is C=CCN(C(=O)C(F)(C(F)(F)F)[C@](C)(CC)OC(F)(F)C(F)(C(F)(F)F)C(C)(F)CC)c1ccccc1. The zero-order chi connectivity index (χ0) is 29.3.